The molecule has 4 heteroatoms. The second-order valence-electron chi connectivity index (χ2n) is 17.1. The Hall–Kier alpha value is -7.56. The molecule has 1 atom stereocenters. The van der Waals surface area contributed by atoms with Crippen LogP contribution in [0.2, 0.25) is 0 Å². The van der Waals surface area contributed by atoms with Crippen molar-refractivity contribution >= 4 is 55.0 Å². The number of fused-ring (bicyclic) bond motifs is 8. The molecule has 0 saturated heterocycles. The number of nitrogens with zero attached hydrogens (tertiary/aromatic N) is 3. The van der Waals surface area contributed by atoms with Crippen molar-refractivity contribution in [1.29, 1.82) is 0 Å². The highest BCUT2D eigenvalue weighted by Gasteiger charge is 2.37. The minimum atomic E-state index is -0.192. The van der Waals surface area contributed by atoms with Gasteiger partial charge in [-0.15, -0.1) is 0 Å². The summed E-state index contributed by atoms with van der Waals surface area (Å²) in [5, 5.41) is 7.36. The number of nitrogens with two attached hydrogens (primary N) is 1. The van der Waals surface area contributed by atoms with Crippen LogP contribution in [0.3, 0.4) is 0 Å². The Morgan fingerprint density at radius 3 is 1.92 bits per heavy atom. The van der Waals surface area contributed by atoms with Crippen LogP contribution in [-0.2, 0) is 5.41 Å². The Bertz CT molecular complexity index is 3430. The van der Waals surface area contributed by atoms with Gasteiger partial charge in [-0.05, 0) is 122 Å². The van der Waals surface area contributed by atoms with Gasteiger partial charge in [-0.25, -0.2) is 4.99 Å². The molecular weight excluding hydrogens is 753 g/mol. The summed E-state index contributed by atoms with van der Waals surface area (Å²) in [5.41, 5.74) is 20.7. The SMILES string of the molecule is CCC(N=C(N=C(N)c1cc(-c2ccc3ccccc3c2)cc(-n2c3ccccc3c3cc4c(cc32)C(C)(C)c2cc3ccccc3cc2-4)c1)c1ccccc1)c1ccccc1. The summed E-state index contributed by atoms with van der Waals surface area (Å²) in [6, 6.07) is 69.6. The zero-order valence-corrected chi connectivity index (χ0v) is 35.2. The lowest BCUT2D eigenvalue weighted by atomic mass is 9.81. The standard InChI is InChI=1S/C58H46N4/c1-4-53(38-18-7-5-8-19-38)60-57(39-20-9-6-10-21-39)61-56(59)45-30-44(43-28-27-37-17-11-12-22-40(37)29-43)31-46(32-45)62-54-26-16-15-25-47(54)50-35-49-48-33-41-23-13-14-24-42(41)34-51(48)58(2,3)52(49)36-55(50)62/h5-36,53H,4H2,1-3H3,(H2,59,60,61). The van der Waals surface area contributed by atoms with Gasteiger partial charge in [0.15, 0.2) is 5.84 Å². The third-order valence-corrected chi connectivity index (χ3v) is 13.0. The van der Waals surface area contributed by atoms with Crippen LogP contribution in [0, 0.1) is 0 Å². The molecule has 0 saturated carbocycles. The van der Waals surface area contributed by atoms with E-state index in [0.29, 0.717) is 11.7 Å². The predicted octanol–water partition coefficient (Wildman–Crippen LogP) is 14.4. The lowest BCUT2D eigenvalue weighted by molar-refractivity contribution is 0.662. The smallest absolute Gasteiger partial charge is 0.157 e. The van der Waals surface area contributed by atoms with Crippen LogP contribution in [0.25, 0.3) is 71.3 Å². The molecule has 4 nitrogen and oxygen atoms in total. The Morgan fingerprint density at radius 1 is 0.532 bits per heavy atom. The zero-order valence-electron chi connectivity index (χ0n) is 35.2. The maximum absolute atomic E-state index is 7.23. The maximum Gasteiger partial charge on any atom is 0.157 e. The average Bonchev–Trinajstić information content (AvgIpc) is 3.76. The van der Waals surface area contributed by atoms with Gasteiger partial charge in [-0.1, -0.05) is 160 Å². The van der Waals surface area contributed by atoms with Gasteiger partial charge in [-0.2, -0.15) is 0 Å². The van der Waals surface area contributed by atoms with Crippen molar-refractivity contribution in [2.75, 3.05) is 0 Å². The van der Waals surface area contributed by atoms with E-state index in [4.69, 9.17) is 15.7 Å². The molecule has 0 radical (unpaired) electrons. The van der Waals surface area contributed by atoms with E-state index >= 15 is 0 Å². The average molecular weight is 799 g/mol. The lowest BCUT2D eigenvalue weighted by Gasteiger charge is -2.22. The molecule has 0 fully saturated rings. The minimum Gasteiger partial charge on any atom is -0.383 e. The second-order valence-corrected chi connectivity index (χ2v) is 17.1. The van der Waals surface area contributed by atoms with Crippen LogP contribution in [0.4, 0.5) is 0 Å². The zero-order chi connectivity index (χ0) is 42.0. The summed E-state index contributed by atoms with van der Waals surface area (Å²) in [5.74, 6) is 1.02. The van der Waals surface area contributed by atoms with Gasteiger partial charge in [-0.3, -0.25) is 4.99 Å². The highest BCUT2D eigenvalue weighted by Crippen LogP contribution is 2.52. The van der Waals surface area contributed by atoms with Crippen molar-refractivity contribution in [2.24, 2.45) is 15.7 Å². The van der Waals surface area contributed by atoms with E-state index in [9.17, 15) is 0 Å². The fraction of sp³-hybridized carbons (Fsp3) is 0.103. The summed E-state index contributed by atoms with van der Waals surface area (Å²) in [6.45, 7) is 6.90. The molecule has 62 heavy (non-hydrogen) atoms. The van der Waals surface area contributed by atoms with Gasteiger partial charge in [0.25, 0.3) is 0 Å². The predicted molar refractivity (Wildman–Crippen MR) is 262 cm³/mol. The fourth-order valence-electron chi connectivity index (χ4n) is 9.74. The number of para-hydroxylation sites is 1. The Morgan fingerprint density at radius 2 is 1.16 bits per heavy atom. The number of aliphatic imine (C=N–C) groups is 2. The molecule has 2 N–H and O–H groups in total. The summed E-state index contributed by atoms with van der Waals surface area (Å²) < 4.78 is 2.43. The number of rotatable bonds is 7. The topological polar surface area (TPSA) is 55.7 Å². The minimum absolute atomic E-state index is 0.0736. The molecule has 9 aromatic carbocycles. The molecule has 1 aliphatic rings. The third-order valence-electron chi connectivity index (χ3n) is 13.0. The Kier molecular flexibility index (Phi) is 8.97. The molecule has 1 unspecified atom stereocenters. The van der Waals surface area contributed by atoms with Gasteiger partial charge < -0.3 is 10.3 Å². The quantitative estimate of drug-likeness (QED) is 0.127. The second kappa shape index (κ2) is 14.9. The van der Waals surface area contributed by atoms with Crippen molar-refractivity contribution in [3.8, 4) is 27.9 Å². The maximum atomic E-state index is 7.23. The first-order valence-corrected chi connectivity index (χ1v) is 21.6. The normalized spacial score (nSPS) is 14.1. The highest BCUT2D eigenvalue weighted by molar-refractivity contribution is 6.14. The van der Waals surface area contributed by atoms with Gasteiger partial charge >= 0.3 is 0 Å². The molecule has 0 aliphatic heterocycles. The first-order valence-electron chi connectivity index (χ1n) is 21.6. The fourth-order valence-corrected chi connectivity index (χ4v) is 9.74. The summed E-state index contributed by atoms with van der Waals surface area (Å²) in [6.07, 6.45) is 0.827. The number of hydrogen-bond acceptors (Lipinski definition) is 1. The van der Waals surface area contributed by atoms with E-state index < -0.39 is 0 Å². The molecule has 0 amide bonds. The van der Waals surface area contributed by atoms with Crippen molar-refractivity contribution in [1.82, 2.24) is 4.57 Å². The molecule has 0 bridgehead atoms. The Balaban J connectivity index is 1.14. The summed E-state index contributed by atoms with van der Waals surface area (Å²) in [4.78, 5) is 10.5. The van der Waals surface area contributed by atoms with Crippen molar-refractivity contribution in [3.63, 3.8) is 0 Å². The Labute approximate surface area is 362 Å². The van der Waals surface area contributed by atoms with E-state index in [1.165, 1.54) is 54.6 Å². The first kappa shape index (κ1) is 37.4. The van der Waals surface area contributed by atoms with Crippen LogP contribution in [-0.4, -0.2) is 16.2 Å². The van der Waals surface area contributed by atoms with E-state index in [1.807, 2.05) is 24.3 Å². The molecule has 1 aromatic heterocycles. The summed E-state index contributed by atoms with van der Waals surface area (Å²) in [7, 11) is 0. The molecule has 1 aliphatic carbocycles. The molecular formula is C58H46N4. The van der Waals surface area contributed by atoms with Crippen molar-refractivity contribution in [2.45, 2.75) is 38.6 Å². The molecule has 298 valence electrons. The van der Waals surface area contributed by atoms with Crippen LogP contribution in [0.5, 0.6) is 0 Å². The van der Waals surface area contributed by atoms with Crippen LogP contribution in [0.15, 0.2) is 204 Å². The lowest BCUT2D eigenvalue weighted by Crippen LogP contribution is -2.17. The first-order chi connectivity index (χ1) is 30.3. The number of hydrogen-bond donors (Lipinski definition) is 1. The van der Waals surface area contributed by atoms with Crippen LogP contribution in [0.1, 0.15) is 61.1 Å². The molecule has 1 heterocycles. The number of amidine groups is 2. The van der Waals surface area contributed by atoms with Crippen LogP contribution < -0.4 is 5.73 Å². The van der Waals surface area contributed by atoms with Gasteiger partial charge in [0, 0.05) is 33.0 Å². The monoisotopic (exact) mass is 798 g/mol. The summed E-state index contributed by atoms with van der Waals surface area (Å²) >= 11 is 0. The number of benzene rings is 9. The van der Waals surface area contributed by atoms with Crippen molar-refractivity contribution < 1.29 is 0 Å². The van der Waals surface area contributed by atoms with Gasteiger partial charge in [0.05, 0.1) is 17.1 Å². The third kappa shape index (κ3) is 6.30. The molecule has 0 spiro atoms. The molecule has 11 rings (SSSR count). The van der Waals surface area contributed by atoms with E-state index in [0.717, 1.165) is 51.0 Å². The van der Waals surface area contributed by atoms with Crippen LogP contribution >= 0.6 is 0 Å². The number of aromatic nitrogens is 1. The van der Waals surface area contributed by atoms with Gasteiger partial charge in [0.1, 0.15) is 5.84 Å². The van der Waals surface area contributed by atoms with Gasteiger partial charge in [0.2, 0.25) is 0 Å². The van der Waals surface area contributed by atoms with E-state index in [1.54, 1.807) is 0 Å². The highest BCUT2D eigenvalue weighted by atomic mass is 15.0. The van der Waals surface area contributed by atoms with Crippen molar-refractivity contribution in [3.05, 3.63) is 222 Å². The van der Waals surface area contributed by atoms with E-state index in [-0.39, 0.29) is 11.5 Å². The van der Waals surface area contributed by atoms with E-state index in [2.05, 4.69) is 195 Å². The largest absolute Gasteiger partial charge is 0.383 e. The molecule has 10 aromatic rings.